The normalized spacial score (nSPS) is 13.6. The van der Waals surface area contributed by atoms with Crippen LogP contribution in [0.15, 0.2) is 47.4 Å². The number of halogens is 3. The van der Waals surface area contributed by atoms with Crippen molar-refractivity contribution in [3.8, 4) is 11.5 Å². The number of anilines is 1. The van der Waals surface area contributed by atoms with Crippen LogP contribution in [0.25, 0.3) is 0 Å². The zero-order chi connectivity index (χ0) is 21.9. The van der Waals surface area contributed by atoms with Crippen molar-refractivity contribution in [2.75, 3.05) is 31.5 Å². The van der Waals surface area contributed by atoms with Gasteiger partial charge in [0.1, 0.15) is 13.2 Å². The van der Waals surface area contributed by atoms with Crippen LogP contribution >= 0.6 is 0 Å². The van der Waals surface area contributed by atoms with E-state index in [2.05, 4.69) is 4.72 Å². The summed E-state index contributed by atoms with van der Waals surface area (Å²) in [7, 11) is -2.88. The van der Waals surface area contributed by atoms with Gasteiger partial charge in [0, 0.05) is 19.7 Å². The average Bonchev–Trinajstić information content (AvgIpc) is 2.70. The van der Waals surface area contributed by atoms with Gasteiger partial charge >= 0.3 is 6.18 Å². The average molecular weight is 444 g/mol. The van der Waals surface area contributed by atoms with E-state index < -0.39 is 35.1 Å². The fourth-order valence-electron chi connectivity index (χ4n) is 2.75. The van der Waals surface area contributed by atoms with Crippen molar-refractivity contribution in [2.24, 2.45) is 0 Å². The molecular weight excluding hydrogens is 425 g/mol. The first-order chi connectivity index (χ1) is 14.1. The van der Waals surface area contributed by atoms with Crippen molar-refractivity contribution >= 4 is 21.6 Å². The van der Waals surface area contributed by atoms with Gasteiger partial charge in [-0.05, 0) is 24.3 Å². The Morgan fingerprint density at radius 3 is 2.47 bits per heavy atom. The SMILES string of the molecule is CN(CCC(F)(F)F)C(=O)c1ccccc1NS(=O)(=O)c1ccc2c(c1)OCCO2. The summed E-state index contributed by atoms with van der Waals surface area (Å²) in [6, 6.07) is 9.80. The van der Waals surface area contributed by atoms with Gasteiger partial charge in [0.15, 0.2) is 11.5 Å². The largest absolute Gasteiger partial charge is 0.486 e. The van der Waals surface area contributed by atoms with Gasteiger partial charge in [0.05, 0.1) is 22.6 Å². The number of hydrogen-bond donors (Lipinski definition) is 1. The molecule has 1 aliphatic heterocycles. The number of benzene rings is 2. The van der Waals surface area contributed by atoms with Gasteiger partial charge in [-0.3, -0.25) is 9.52 Å². The number of fused-ring (bicyclic) bond motifs is 1. The summed E-state index contributed by atoms with van der Waals surface area (Å²) >= 11 is 0. The van der Waals surface area contributed by atoms with Gasteiger partial charge in [-0.1, -0.05) is 12.1 Å². The van der Waals surface area contributed by atoms with Gasteiger partial charge in [-0.25, -0.2) is 8.42 Å². The second kappa shape index (κ2) is 8.42. The van der Waals surface area contributed by atoms with Crippen molar-refractivity contribution in [2.45, 2.75) is 17.5 Å². The van der Waals surface area contributed by atoms with Crippen molar-refractivity contribution in [1.82, 2.24) is 4.90 Å². The third kappa shape index (κ3) is 5.15. The quantitative estimate of drug-likeness (QED) is 0.739. The number of hydrogen-bond acceptors (Lipinski definition) is 5. The highest BCUT2D eigenvalue weighted by atomic mass is 32.2. The molecule has 0 spiro atoms. The van der Waals surface area contributed by atoms with E-state index in [0.717, 1.165) is 4.90 Å². The number of amides is 1. The number of alkyl halides is 3. The molecule has 0 saturated carbocycles. The topological polar surface area (TPSA) is 84.9 Å². The minimum atomic E-state index is -4.41. The van der Waals surface area contributed by atoms with E-state index in [9.17, 15) is 26.4 Å². The Morgan fingerprint density at radius 1 is 1.10 bits per heavy atom. The highest BCUT2D eigenvalue weighted by Gasteiger charge is 2.29. The molecule has 0 saturated heterocycles. The molecule has 162 valence electrons. The van der Waals surface area contributed by atoms with Crippen LogP contribution in [-0.2, 0) is 10.0 Å². The lowest BCUT2D eigenvalue weighted by atomic mass is 10.1. The first kappa shape index (κ1) is 21.8. The molecule has 0 unspecified atom stereocenters. The maximum absolute atomic E-state index is 12.8. The molecule has 1 aliphatic rings. The lowest BCUT2D eigenvalue weighted by Gasteiger charge is -2.21. The molecule has 30 heavy (non-hydrogen) atoms. The zero-order valence-electron chi connectivity index (χ0n) is 15.9. The van der Waals surface area contributed by atoms with Gasteiger partial charge in [0.2, 0.25) is 0 Å². The molecule has 1 N–H and O–H groups in total. The van der Waals surface area contributed by atoms with E-state index in [0.29, 0.717) is 12.4 Å². The van der Waals surface area contributed by atoms with Crippen LogP contribution in [0, 0.1) is 0 Å². The number of rotatable bonds is 6. The minimum absolute atomic E-state index is 0.0451. The van der Waals surface area contributed by atoms with Crippen molar-refractivity contribution in [1.29, 1.82) is 0 Å². The van der Waals surface area contributed by atoms with Crippen LogP contribution in [0.4, 0.5) is 18.9 Å². The standard InChI is InChI=1S/C19H19F3N2O5S/c1-24(9-8-19(20,21)22)18(25)14-4-2-3-5-15(14)23-30(26,27)13-6-7-16-17(12-13)29-11-10-28-16/h2-7,12,23H,8-11H2,1H3. The third-order valence-electron chi connectivity index (χ3n) is 4.30. The lowest BCUT2D eigenvalue weighted by molar-refractivity contribution is -0.136. The summed E-state index contributed by atoms with van der Waals surface area (Å²) in [5, 5.41) is 0. The van der Waals surface area contributed by atoms with Crippen molar-refractivity contribution in [3.63, 3.8) is 0 Å². The Kier molecular flexibility index (Phi) is 6.11. The summed E-state index contributed by atoms with van der Waals surface area (Å²) in [6.45, 7) is 0.0891. The Hall–Kier alpha value is -2.95. The van der Waals surface area contributed by atoms with Crippen molar-refractivity contribution < 1.29 is 35.9 Å². The van der Waals surface area contributed by atoms with Gasteiger partial charge < -0.3 is 14.4 Å². The van der Waals surface area contributed by atoms with E-state index in [1.807, 2.05) is 0 Å². The van der Waals surface area contributed by atoms with Crippen LogP contribution in [-0.4, -0.2) is 52.2 Å². The Balaban J connectivity index is 1.82. The molecule has 7 nitrogen and oxygen atoms in total. The summed E-state index contributed by atoms with van der Waals surface area (Å²) in [5.41, 5.74) is -0.112. The Labute approximate surface area is 171 Å². The van der Waals surface area contributed by atoms with E-state index in [1.165, 1.54) is 49.5 Å². The number of carbonyl (C=O) groups excluding carboxylic acids is 1. The minimum Gasteiger partial charge on any atom is -0.486 e. The third-order valence-corrected chi connectivity index (χ3v) is 5.67. The van der Waals surface area contributed by atoms with Gasteiger partial charge in [-0.15, -0.1) is 0 Å². The molecule has 1 heterocycles. The molecule has 1 amide bonds. The molecule has 0 radical (unpaired) electrons. The molecule has 2 aromatic carbocycles. The molecule has 0 bridgehead atoms. The number of nitrogens with one attached hydrogen (secondary N) is 1. The number of para-hydroxylation sites is 1. The first-order valence-electron chi connectivity index (χ1n) is 8.90. The Morgan fingerprint density at radius 2 is 1.77 bits per heavy atom. The number of ether oxygens (including phenoxy) is 2. The van der Waals surface area contributed by atoms with Crippen LogP contribution in [0.5, 0.6) is 11.5 Å². The predicted octanol–water partition coefficient (Wildman–Crippen LogP) is 3.28. The monoisotopic (exact) mass is 444 g/mol. The maximum atomic E-state index is 12.8. The molecule has 0 aromatic heterocycles. The van der Waals surface area contributed by atoms with Gasteiger partial charge in [-0.2, -0.15) is 13.2 Å². The van der Waals surface area contributed by atoms with Crippen molar-refractivity contribution in [3.05, 3.63) is 48.0 Å². The maximum Gasteiger partial charge on any atom is 0.390 e. The number of sulfonamides is 1. The fraction of sp³-hybridized carbons (Fsp3) is 0.316. The molecule has 0 aliphatic carbocycles. The second-order valence-electron chi connectivity index (χ2n) is 6.55. The number of nitrogens with zero attached hydrogens (tertiary/aromatic N) is 1. The number of carbonyl (C=O) groups is 1. The molecule has 0 atom stereocenters. The lowest BCUT2D eigenvalue weighted by Crippen LogP contribution is -2.31. The predicted molar refractivity (Wildman–Crippen MR) is 102 cm³/mol. The van der Waals surface area contributed by atoms with E-state index in [1.54, 1.807) is 0 Å². The van der Waals surface area contributed by atoms with E-state index in [4.69, 9.17) is 9.47 Å². The Bertz CT molecular complexity index is 1040. The summed E-state index contributed by atoms with van der Waals surface area (Å²) in [6.07, 6.45) is -5.58. The highest BCUT2D eigenvalue weighted by molar-refractivity contribution is 7.92. The summed E-state index contributed by atoms with van der Waals surface area (Å²) in [4.78, 5) is 13.4. The highest BCUT2D eigenvalue weighted by Crippen LogP contribution is 2.33. The smallest absolute Gasteiger partial charge is 0.390 e. The molecule has 3 rings (SSSR count). The zero-order valence-corrected chi connectivity index (χ0v) is 16.7. The molecule has 2 aromatic rings. The second-order valence-corrected chi connectivity index (χ2v) is 8.23. The fourth-order valence-corrected chi connectivity index (χ4v) is 3.85. The van der Waals surface area contributed by atoms with Crippen LogP contribution < -0.4 is 14.2 Å². The van der Waals surface area contributed by atoms with E-state index in [-0.39, 0.29) is 28.5 Å². The van der Waals surface area contributed by atoms with Crippen LogP contribution in [0.2, 0.25) is 0 Å². The van der Waals surface area contributed by atoms with Crippen LogP contribution in [0.1, 0.15) is 16.8 Å². The summed E-state index contributed by atoms with van der Waals surface area (Å²) < 4.78 is 76.0. The molecular formula is C19H19F3N2O5S. The van der Waals surface area contributed by atoms with Crippen LogP contribution in [0.3, 0.4) is 0 Å². The summed E-state index contributed by atoms with van der Waals surface area (Å²) in [5.74, 6) is -0.0397. The molecule has 0 fully saturated rings. The van der Waals surface area contributed by atoms with Gasteiger partial charge in [0.25, 0.3) is 15.9 Å². The molecule has 11 heteroatoms. The van der Waals surface area contributed by atoms with E-state index >= 15 is 0 Å². The first-order valence-corrected chi connectivity index (χ1v) is 10.4.